The number of alkyl halides is 1. The van der Waals surface area contributed by atoms with E-state index in [0.29, 0.717) is 5.88 Å². The van der Waals surface area contributed by atoms with Gasteiger partial charge in [0.05, 0.1) is 6.20 Å². The number of rotatable bonds is 5. The predicted octanol–water partition coefficient (Wildman–Crippen LogP) is 2.97. The van der Waals surface area contributed by atoms with Crippen molar-refractivity contribution in [2.75, 3.05) is 17.3 Å². The summed E-state index contributed by atoms with van der Waals surface area (Å²) in [7, 11) is 0. The molecule has 5 heteroatoms. The average Bonchev–Trinajstić information content (AvgIpc) is 2.95. The van der Waals surface area contributed by atoms with Gasteiger partial charge in [-0.25, -0.2) is 9.50 Å². The molecule has 3 aromatic rings. The highest BCUT2D eigenvalue weighted by atomic mass is 35.5. The van der Waals surface area contributed by atoms with Crippen LogP contribution in [0.1, 0.15) is 5.56 Å². The van der Waals surface area contributed by atoms with Crippen molar-refractivity contribution in [3.05, 3.63) is 60.4 Å². The molecule has 0 bridgehead atoms. The lowest BCUT2D eigenvalue weighted by Gasteiger charge is -2.22. The summed E-state index contributed by atoms with van der Waals surface area (Å²) in [6.45, 7) is 1.55. The molecule has 3 rings (SSSR count). The number of halogens is 1. The maximum atomic E-state index is 5.92. The molecule has 0 aliphatic heterocycles. The standard InChI is InChI=1S/C15H15ClN4/c16-8-11-19(12-13-4-2-1-3-5-13)14-7-10-20-15(18-14)6-9-17-20/h1-7,9-10H,8,11-12H2. The summed E-state index contributed by atoms with van der Waals surface area (Å²) >= 11 is 5.92. The van der Waals surface area contributed by atoms with E-state index in [1.807, 2.05) is 36.5 Å². The van der Waals surface area contributed by atoms with Crippen molar-refractivity contribution in [3.8, 4) is 0 Å². The molecule has 0 aliphatic rings. The molecule has 0 atom stereocenters. The number of nitrogens with zero attached hydrogens (tertiary/aromatic N) is 4. The Kier molecular flexibility index (Phi) is 3.83. The van der Waals surface area contributed by atoms with E-state index in [1.54, 1.807) is 10.7 Å². The van der Waals surface area contributed by atoms with E-state index in [1.165, 1.54) is 5.56 Å². The van der Waals surface area contributed by atoms with Crippen LogP contribution in [0, 0.1) is 0 Å². The van der Waals surface area contributed by atoms with Crippen LogP contribution in [0.3, 0.4) is 0 Å². The zero-order valence-corrected chi connectivity index (χ0v) is 11.7. The molecule has 20 heavy (non-hydrogen) atoms. The van der Waals surface area contributed by atoms with Gasteiger partial charge in [0.15, 0.2) is 5.65 Å². The molecule has 0 unspecified atom stereocenters. The number of hydrogen-bond donors (Lipinski definition) is 0. The Balaban J connectivity index is 1.89. The lowest BCUT2D eigenvalue weighted by atomic mass is 10.2. The van der Waals surface area contributed by atoms with Crippen LogP contribution < -0.4 is 4.90 Å². The summed E-state index contributed by atoms with van der Waals surface area (Å²) in [5, 5.41) is 4.16. The van der Waals surface area contributed by atoms with Crippen LogP contribution in [0.2, 0.25) is 0 Å². The minimum Gasteiger partial charge on any atom is -0.351 e. The van der Waals surface area contributed by atoms with Crippen molar-refractivity contribution in [1.29, 1.82) is 0 Å². The monoisotopic (exact) mass is 286 g/mol. The molecule has 0 radical (unpaired) electrons. The topological polar surface area (TPSA) is 33.4 Å². The van der Waals surface area contributed by atoms with Gasteiger partial charge in [0.2, 0.25) is 0 Å². The second-order valence-corrected chi connectivity index (χ2v) is 4.89. The first-order valence-corrected chi connectivity index (χ1v) is 7.05. The van der Waals surface area contributed by atoms with Crippen molar-refractivity contribution in [1.82, 2.24) is 14.6 Å². The van der Waals surface area contributed by atoms with Crippen molar-refractivity contribution in [2.45, 2.75) is 6.54 Å². The quantitative estimate of drug-likeness (QED) is 0.676. The Labute approximate surface area is 122 Å². The van der Waals surface area contributed by atoms with Crippen LogP contribution in [0.25, 0.3) is 5.65 Å². The van der Waals surface area contributed by atoms with Crippen LogP contribution in [-0.4, -0.2) is 27.0 Å². The minimum atomic E-state index is 0.568. The van der Waals surface area contributed by atoms with Crippen molar-refractivity contribution in [2.24, 2.45) is 0 Å². The molecule has 4 nitrogen and oxygen atoms in total. The Morgan fingerprint density at radius 3 is 2.75 bits per heavy atom. The van der Waals surface area contributed by atoms with Crippen molar-refractivity contribution >= 4 is 23.1 Å². The first-order chi connectivity index (χ1) is 9.86. The fourth-order valence-corrected chi connectivity index (χ4v) is 2.36. The van der Waals surface area contributed by atoms with E-state index in [4.69, 9.17) is 11.6 Å². The molecular weight excluding hydrogens is 272 g/mol. The highest BCUT2D eigenvalue weighted by molar-refractivity contribution is 6.18. The maximum absolute atomic E-state index is 5.92. The second-order valence-electron chi connectivity index (χ2n) is 4.52. The number of hydrogen-bond acceptors (Lipinski definition) is 3. The van der Waals surface area contributed by atoms with Crippen LogP contribution in [0.5, 0.6) is 0 Å². The third-order valence-corrected chi connectivity index (χ3v) is 3.31. The van der Waals surface area contributed by atoms with E-state index < -0.39 is 0 Å². The minimum absolute atomic E-state index is 0.568. The van der Waals surface area contributed by atoms with Gasteiger partial charge in [-0.1, -0.05) is 30.3 Å². The molecule has 0 fully saturated rings. The Morgan fingerprint density at radius 1 is 1.10 bits per heavy atom. The van der Waals surface area contributed by atoms with Gasteiger partial charge >= 0.3 is 0 Å². The second kappa shape index (κ2) is 5.92. The van der Waals surface area contributed by atoms with Crippen molar-refractivity contribution < 1.29 is 0 Å². The van der Waals surface area contributed by atoms with Crippen LogP contribution >= 0.6 is 11.6 Å². The first kappa shape index (κ1) is 12.9. The normalized spacial score (nSPS) is 10.8. The Morgan fingerprint density at radius 2 is 1.95 bits per heavy atom. The summed E-state index contributed by atoms with van der Waals surface area (Å²) in [6, 6.07) is 14.2. The van der Waals surface area contributed by atoms with Gasteiger partial charge in [-0.3, -0.25) is 0 Å². The zero-order chi connectivity index (χ0) is 13.8. The molecule has 0 N–H and O–H groups in total. The van der Waals surface area contributed by atoms with Gasteiger partial charge in [-0.15, -0.1) is 11.6 Å². The molecule has 0 aliphatic carbocycles. The largest absolute Gasteiger partial charge is 0.351 e. The lowest BCUT2D eigenvalue weighted by Crippen LogP contribution is -2.26. The van der Waals surface area contributed by atoms with E-state index in [0.717, 1.165) is 24.6 Å². The lowest BCUT2D eigenvalue weighted by molar-refractivity contribution is 0.810. The van der Waals surface area contributed by atoms with Gasteiger partial charge in [-0.05, 0) is 11.6 Å². The van der Waals surface area contributed by atoms with E-state index in [9.17, 15) is 0 Å². The molecule has 2 aromatic heterocycles. The van der Waals surface area contributed by atoms with Crippen LogP contribution in [-0.2, 0) is 6.54 Å². The molecule has 1 aromatic carbocycles. The van der Waals surface area contributed by atoms with Crippen LogP contribution in [0.4, 0.5) is 5.82 Å². The van der Waals surface area contributed by atoms with Gasteiger partial charge in [0.1, 0.15) is 5.82 Å². The number of benzene rings is 1. The van der Waals surface area contributed by atoms with Gasteiger partial charge in [0.25, 0.3) is 0 Å². The molecular formula is C15H15ClN4. The summed E-state index contributed by atoms with van der Waals surface area (Å²) in [4.78, 5) is 6.79. The third kappa shape index (κ3) is 2.75. The summed E-state index contributed by atoms with van der Waals surface area (Å²) in [5.41, 5.74) is 2.09. The zero-order valence-electron chi connectivity index (χ0n) is 11.0. The number of fused-ring (bicyclic) bond motifs is 1. The third-order valence-electron chi connectivity index (χ3n) is 3.14. The molecule has 2 heterocycles. The van der Waals surface area contributed by atoms with Gasteiger partial charge in [0, 0.05) is 31.2 Å². The van der Waals surface area contributed by atoms with Crippen molar-refractivity contribution in [3.63, 3.8) is 0 Å². The molecule has 0 spiro atoms. The highest BCUT2D eigenvalue weighted by Crippen LogP contribution is 2.15. The van der Waals surface area contributed by atoms with E-state index in [2.05, 4.69) is 27.1 Å². The van der Waals surface area contributed by atoms with Gasteiger partial charge < -0.3 is 4.90 Å². The average molecular weight is 287 g/mol. The Hall–Kier alpha value is -2.07. The summed E-state index contributed by atoms with van der Waals surface area (Å²) in [6.07, 6.45) is 3.67. The smallest absolute Gasteiger partial charge is 0.157 e. The molecule has 0 saturated carbocycles. The summed E-state index contributed by atoms with van der Waals surface area (Å²) in [5.74, 6) is 1.49. The van der Waals surface area contributed by atoms with Crippen LogP contribution in [0.15, 0.2) is 54.9 Å². The fraction of sp³-hybridized carbons (Fsp3) is 0.200. The summed E-state index contributed by atoms with van der Waals surface area (Å²) < 4.78 is 1.75. The van der Waals surface area contributed by atoms with E-state index in [-0.39, 0.29) is 0 Å². The first-order valence-electron chi connectivity index (χ1n) is 6.52. The predicted molar refractivity (Wildman–Crippen MR) is 81.2 cm³/mol. The number of anilines is 1. The maximum Gasteiger partial charge on any atom is 0.157 e. The number of aromatic nitrogens is 3. The molecule has 0 amide bonds. The highest BCUT2D eigenvalue weighted by Gasteiger charge is 2.09. The molecule has 102 valence electrons. The SMILES string of the molecule is ClCCN(Cc1ccccc1)c1ccn2nccc2n1. The fourth-order valence-electron chi connectivity index (χ4n) is 2.16. The van der Waals surface area contributed by atoms with Gasteiger partial charge in [-0.2, -0.15) is 5.10 Å². The Bertz CT molecular complexity index is 680. The van der Waals surface area contributed by atoms with E-state index >= 15 is 0 Å². The molecule has 0 saturated heterocycles.